The van der Waals surface area contributed by atoms with E-state index in [1.54, 1.807) is 24.3 Å². The molecule has 3 heterocycles. The van der Waals surface area contributed by atoms with Crippen LogP contribution in [0.1, 0.15) is 39.9 Å². The zero-order valence-corrected chi connectivity index (χ0v) is 18.8. The highest BCUT2D eigenvalue weighted by molar-refractivity contribution is 6.06. The van der Waals surface area contributed by atoms with Crippen molar-refractivity contribution in [2.45, 2.75) is 38.5 Å². The Bertz CT molecular complexity index is 1130. The van der Waals surface area contributed by atoms with Crippen molar-refractivity contribution in [3.8, 4) is 0 Å². The van der Waals surface area contributed by atoms with Crippen LogP contribution in [-0.2, 0) is 34.0 Å². The average Bonchev–Trinajstić information content (AvgIpc) is 3.16. The van der Waals surface area contributed by atoms with E-state index in [9.17, 15) is 18.8 Å². The predicted octanol–water partition coefficient (Wildman–Crippen LogP) is 2.03. The van der Waals surface area contributed by atoms with Gasteiger partial charge in [-0.3, -0.25) is 24.6 Å². The summed E-state index contributed by atoms with van der Waals surface area (Å²) < 4.78 is 20.2. The Kier molecular flexibility index (Phi) is 6.30. The van der Waals surface area contributed by atoms with Crippen molar-refractivity contribution >= 4 is 23.4 Å². The first-order chi connectivity index (χ1) is 16.5. The summed E-state index contributed by atoms with van der Waals surface area (Å²) in [6.07, 6.45) is 0.525. The maximum absolute atomic E-state index is 14.8. The molecule has 0 spiro atoms. The number of fused-ring (bicyclic) bond motifs is 1. The summed E-state index contributed by atoms with van der Waals surface area (Å²) in [4.78, 5) is 40.5. The molecule has 5 rings (SSSR count). The Morgan fingerprint density at radius 1 is 1.12 bits per heavy atom. The summed E-state index contributed by atoms with van der Waals surface area (Å²) in [7, 11) is 0. The van der Waals surface area contributed by atoms with Gasteiger partial charge in [-0.1, -0.05) is 18.2 Å². The Labute approximate surface area is 197 Å². The Balaban J connectivity index is 1.26. The van der Waals surface area contributed by atoms with Crippen LogP contribution in [0.2, 0.25) is 0 Å². The van der Waals surface area contributed by atoms with Crippen molar-refractivity contribution in [2.24, 2.45) is 0 Å². The molecule has 0 unspecified atom stereocenters. The van der Waals surface area contributed by atoms with E-state index in [2.05, 4.69) is 15.5 Å². The molecule has 1 atom stereocenters. The summed E-state index contributed by atoms with van der Waals surface area (Å²) in [5.74, 6) is -1.25. The fraction of sp³-hybridized carbons (Fsp3) is 0.400. The molecule has 0 radical (unpaired) electrons. The first kappa shape index (κ1) is 22.5. The van der Waals surface area contributed by atoms with E-state index in [4.69, 9.17) is 4.74 Å². The highest BCUT2D eigenvalue weighted by Crippen LogP contribution is 2.32. The molecule has 2 aromatic carbocycles. The van der Waals surface area contributed by atoms with Crippen LogP contribution < -0.4 is 10.6 Å². The number of nitrogens with one attached hydrogen (secondary N) is 2. The molecule has 2 saturated heterocycles. The van der Waals surface area contributed by atoms with Gasteiger partial charge in [0.15, 0.2) is 0 Å². The number of anilines is 1. The Hall–Kier alpha value is -3.30. The number of piperidine rings is 1. The molecule has 2 fully saturated rings. The van der Waals surface area contributed by atoms with Gasteiger partial charge < -0.3 is 15.0 Å². The number of carbonyl (C=O) groups is 3. The van der Waals surface area contributed by atoms with E-state index >= 15 is 0 Å². The minimum absolute atomic E-state index is 0.211. The van der Waals surface area contributed by atoms with Gasteiger partial charge in [-0.2, -0.15) is 0 Å². The number of morpholine rings is 1. The number of amides is 3. The van der Waals surface area contributed by atoms with Crippen LogP contribution >= 0.6 is 0 Å². The van der Waals surface area contributed by atoms with Gasteiger partial charge in [0, 0.05) is 61.5 Å². The van der Waals surface area contributed by atoms with E-state index in [1.807, 2.05) is 12.1 Å². The third kappa shape index (κ3) is 4.53. The molecule has 0 bridgehead atoms. The SMILES string of the molecule is O=C1CC[C@H](N2Cc3c(NCc4ccc(CN5CCOCC5)cc4F)cccc3C2=O)C(=O)N1. The van der Waals surface area contributed by atoms with E-state index in [0.717, 1.165) is 29.9 Å². The van der Waals surface area contributed by atoms with Gasteiger partial charge in [-0.15, -0.1) is 0 Å². The first-order valence-corrected chi connectivity index (χ1v) is 11.6. The molecule has 3 aliphatic rings. The highest BCUT2D eigenvalue weighted by Gasteiger charge is 2.39. The zero-order chi connectivity index (χ0) is 23.7. The number of halogens is 1. The predicted molar refractivity (Wildman–Crippen MR) is 122 cm³/mol. The number of ether oxygens (including phenoxy) is 1. The summed E-state index contributed by atoms with van der Waals surface area (Å²) in [5.41, 5.74) is 3.50. The van der Waals surface area contributed by atoms with E-state index in [-0.39, 0.29) is 37.1 Å². The van der Waals surface area contributed by atoms with Gasteiger partial charge in [-0.25, -0.2) is 4.39 Å². The molecule has 34 heavy (non-hydrogen) atoms. The number of imide groups is 1. The van der Waals surface area contributed by atoms with Gasteiger partial charge in [0.05, 0.1) is 13.2 Å². The molecule has 0 saturated carbocycles. The quantitative estimate of drug-likeness (QED) is 0.634. The maximum atomic E-state index is 14.8. The van der Waals surface area contributed by atoms with E-state index in [0.29, 0.717) is 37.3 Å². The second-order valence-corrected chi connectivity index (χ2v) is 8.90. The molecule has 8 nitrogen and oxygen atoms in total. The van der Waals surface area contributed by atoms with Crippen molar-refractivity contribution in [3.05, 3.63) is 64.5 Å². The third-order valence-electron chi connectivity index (χ3n) is 6.68. The number of hydrogen-bond acceptors (Lipinski definition) is 6. The molecule has 2 aromatic rings. The number of carbonyl (C=O) groups excluding carboxylic acids is 3. The number of hydrogen-bond donors (Lipinski definition) is 2. The van der Waals surface area contributed by atoms with E-state index in [1.165, 1.54) is 4.90 Å². The minimum Gasteiger partial charge on any atom is -0.381 e. The lowest BCUT2D eigenvalue weighted by atomic mass is 10.0. The normalized spacial score (nSPS) is 20.9. The van der Waals surface area contributed by atoms with Gasteiger partial charge in [0.25, 0.3) is 5.91 Å². The van der Waals surface area contributed by atoms with Crippen LogP contribution in [0.5, 0.6) is 0 Å². The van der Waals surface area contributed by atoms with Crippen molar-refractivity contribution < 1.29 is 23.5 Å². The van der Waals surface area contributed by atoms with Crippen LogP contribution in [0, 0.1) is 5.82 Å². The standard InChI is InChI=1S/C25H27FN4O4/c26-20-12-16(14-29-8-10-34-11-9-29)4-5-17(20)13-27-21-3-1-2-18-19(21)15-30(25(18)33)22-6-7-23(31)28-24(22)32/h1-5,12,22,27H,6-11,13-15H2,(H,28,31,32)/t22-/m0/s1. The smallest absolute Gasteiger partial charge is 0.255 e. The maximum Gasteiger partial charge on any atom is 0.255 e. The van der Waals surface area contributed by atoms with Gasteiger partial charge in [0.2, 0.25) is 11.8 Å². The average molecular weight is 467 g/mol. The summed E-state index contributed by atoms with van der Waals surface area (Å²) in [5, 5.41) is 5.58. The zero-order valence-electron chi connectivity index (χ0n) is 18.8. The minimum atomic E-state index is -0.665. The molecular weight excluding hydrogens is 439 g/mol. The van der Waals surface area contributed by atoms with Gasteiger partial charge in [-0.05, 0) is 30.2 Å². The molecular formula is C25H27FN4O4. The third-order valence-corrected chi connectivity index (χ3v) is 6.68. The topological polar surface area (TPSA) is 91.0 Å². The summed E-state index contributed by atoms with van der Waals surface area (Å²) in [6, 6.07) is 10.0. The largest absolute Gasteiger partial charge is 0.381 e. The van der Waals surface area contributed by atoms with E-state index < -0.39 is 11.9 Å². The van der Waals surface area contributed by atoms with Crippen molar-refractivity contribution in [1.29, 1.82) is 0 Å². The molecule has 3 aliphatic heterocycles. The molecule has 9 heteroatoms. The van der Waals surface area contributed by atoms with Gasteiger partial charge in [0.1, 0.15) is 11.9 Å². The lowest BCUT2D eigenvalue weighted by molar-refractivity contribution is -0.136. The van der Waals surface area contributed by atoms with Crippen LogP contribution in [0.3, 0.4) is 0 Å². The molecule has 0 aliphatic carbocycles. The first-order valence-electron chi connectivity index (χ1n) is 11.6. The number of nitrogens with zero attached hydrogens (tertiary/aromatic N) is 2. The summed E-state index contributed by atoms with van der Waals surface area (Å²) in [6.45, 7) is 4.33. The van der Waals surface area contributed by atoms with Crippen molar-refractivity contribution in [3.63, 3.8) is 0 Å². The fourth-order valence-corrected chi connectivity index (χ4v) is 4.79. The monoisotopic (exact) mass is 466 g/mol. The van der Waals surface area contributed by atoms with Crippen LogP contribution in [0.4, 0.5) is 10.1 Å². The van der Waals surface area contributed by atoms with Crippen LogP contribution in [0.25, 0.3) is 0 Å². The molecule has 2 N–H and O–H groups in total. The number of benzene rings is 2. The number of rotatable bonds is 6. The second-order valence-electron chi connectivity index (χ2n) is 8.90. The lowest BCUT2D eigenvalue weighted by Gasteiger charge is -2.29. The molecule has 178 valence electrons. The highest BCUT2D eigenvalue weighted by atomic mass is 19.1. The van der Waals surface area contributed by atoms with Crippen molar-refractivity contribution in [2.75, 3.05) is 31.6 Å². The lowest BCUT2D eigenvalue weighted by Crippen LogP contribution is -2.52. The second kappa shape index (κ2) is 9.52. The Morgan fingerprint density at radius 2 is 1.94 bits per heavy atom. The molecule has 0 aromatic heterocycles. The molecule has 3 amide bonds. The van der Waals surface area contributed by atoms with Crippen molar-refractivity contribution in [1.82, 2.24) is 15.1 Å². The van der Waals surface area contributed by atoms with Crippen LogP contribution in [0.15, 0.2) is 36.4 Å². The summed E-state index contributed by atoms with van der Waals surface area (Å²) >= 11 is 0. The Morgan fingerprint density at radius 3 is 2.71 bits per heavy atom. The van der Waals surface area contributed by atoms with Gasteiger partial charge >= 0.3 is 0 Å². The fourth-order valence-electron chi connectivity index (χ4n) is 4.79. The van der Waals surface area contributed by atoms with Crippen LogP contribution in [-0.4, -0.2) is 59.9 Å².